The Morgan fingerprint density at radius 1 is 0.971 bits per heavy atom. The number of esters is 1. The van der Waals surface area contributed by atoms with Crippen LogP contribution in [-0.4, -0.2) is 40.5 Å². The summed E-state index contributed by atoms with van der Waals surface area (Å²) in [7, 11) is 2.95. The fourth-order valence-corrected chi connectivity index (χ4v) is 3.82. The first-order valence-corrected chi connectivity index (χ1v) is 10.9. The summed E-state index contributed by atoms with van der Waals surface area (Å²) in [6, 6.07) is 19.6. The van der Waals surface area contributed by atoms with Crippen molar-refractivity contribution < 1.29 is 14.3 Å². The van der Waals surface area contributed by atoms with Gasteiger partial charge in [-0.25, -0.2) is 9.78 Å². The number of halogens is 1. The standard InChI is InChI=1S/C26H22ClN3O4/c1-16(29(2)24(31)17-8-10-18(11-9-17)26(33)34-3)23-28-22-7-5-4-6-21(22)25(32)30(23)20-14-12-19(27)13-15-20/h4-16H,1-3H3. The molecule has 34 heavy (non-hydrogen) atoms. The first kappa shape index (κ1) is 23.2. The minimum atomic E-state index is -0.555. The van der Waals surface area contributed by atoms with Gasteiger partial charge in [0.05, 0.1) is 35.3 Å². The summed E-state index contributed by atoms with van der Waals surface area (Å²) >= 11 is 6.05. The number of carbonyl (C=O) groups is 2. The molecule has 0 saturated carbocycles. The second kappa shape index (κ2) is 9.49. The van der Waals surface area contributed by atoms with E-state index in [4.69, 9.17) is 21.3 Å². The third kappa shape index (κ3) is 4.30. The molecule has 3 aromatic carbocycles. The predicted molar refractivity (Wildman–Crippen MR) is 131 cm³/mol. The molecule has 1 unspecified atom stereocenters. The van der Waals surface area contributed by atoms with Gasteiger partial charge in [-0.2, -0.15) is 0 Å². The normalized spacial score (nSPS) is 11.8. The van der Waals surface area contributed by atoms with E-state index in [0.29, 0.717) is 38.6 Å². The molecule has 172 valence electrons. The van der Waals surface area contributed by atoms with Crippen LogP contribution in [0.2, 0.25) is 5.02 Å². The van der Waals surface area contributed by atoms with E-state index in [0.717, 1.165) is 0 Å². The molecule has 4 rings (SSSR count). The van der Waals surface area contributed by atoms with Crippen LogP contribution < -0.4 is 5.56 Å². The van der Waals surface area contributed by atoms with E-state index < -0.39 is 12.0 Å². The second-order valence-electron chi connectivity index (χ2n) is 7.77. The number of hydrogen-bond acceptors (Lipinski definition) is 5. The van der Waals surface area contributed by atoms with Gasteiger partial charge in [0, 0.05) is 17.6 Å². The predicted octanol–water partition coefficient (Wildman–Crippen LogP) is 4.66. The van der Waals surface area contributed by atoms with Gasteiger partial charge in [-0.15, -0.1) is 0 Å². The van der Waals surface area contributed by atoms with Crippen molar-refractivity contribution in [1.82, 2.24) is 14.5 Å². The lowest BCUT2D eigenvalue weighted by molar-refractivity contribution is 0.0599. The van der Waals surface area contributed by atoms with Crippen LogP contribution in [0.5, 0.6) is 0 Å². The molecular weight excluding hydrogens is 454 g/mol. The second-order valence-corrected chi connectivity index (χ2v) is 8.20. The molecule has 7 nitrogen and oxygen atoms in total. The highest BCUT2D eigenvalue weighted by molar-refractivity contribution is 6.30. The van der Waals surface area contributed by atoms with Gasteiger partial charge in [0.15, 0.2) is 0 Å². The van der Waals surface area contributed by atoms with Crippen LogP contribution in [0.3, 0.4) is 0 Å². The van der Waals surface area contributed by atoms with E-state index in [9.17, 15) is 14.4 Å². The Bertz CT molecular complexity index is 1430. The number of rotatable bonds is 5. The summed E-state index contributed by atoms with van der Waals surface area (Å²) in [5.41, 5.74) is 1.64. The fraction of sp³-hybridized carbons (Fsp3) is 0.154. The van der Waals surface area contributed by atoms with Crippen molar-refractivity contribution in [3.8, 4) is 5.69 Å². The number of benzene rings is 3. The van der Waals surface area contributed by atoms with Gasteiger partial charge in [-0.1, -0.05) is 23.7 Å². The first-order valence-electron chi connectivity index (χ1n) is 10.5. The maximum Gasteiger partial charge on any atom is 0.337 e. The van der Waals surface area contributed by atoms with E-state index >= 15 is 0 Å². The number of methoxy groups -OCH3 is 1. The van der Waals surface area contributed by atoms with E-state index in [1.54, 1.807) is 61.6 Å². The third-order valence-electron chi connectivity index (χ3n) is 5.71. The lowest BCUT2D eigenvalue weighted by atomic mass is 10.1. The molecule has 1 atom stereocenters. The molecule has 4 aromatic rings. The smallest absolute Gasteiger partial charge is 0.337 e. The molecule has 0 spiro atoms. The van der Waals surface area contributed by atoms with Crippen molar-refractivity contribution >= 4 is 34.4 Å². The van der Waals surface area contributed by atoms with Gasteiger partial charge < -0.3 is 9.64 Å². The van der Waals surface area contributed by atoms with Crippen LogP contribution in [0.4, 0.5) is 0 Å². The molecule has 0 saturated heterocycles. The molecule has 0 N–H and O–H groups in total. The number of fused-ring (bicyclic) bond motifs is 1. The van der Waals surface area contributed by atoms with Gasteiger partial charge in [-0.05, 0) is 67.6 Å². The van der Waals surface area contributed by atoms with Gasteiger partial charge >= 0.3 is 5.97 Å². The zero-order valence-electron chi connectivity index (χ0n) is 18.9. The van der Waals surface area contributed by atoms with Crippen LogP contribution in [0.15, 0.2) is 77.6 Å². The minimum Gasteiger partial charge on any atom is -0.465 e. The Morgan fingerprint density at radius 3 is 2.24 bits per heavy atom. The van der Waals surface area contributed by atoms with Crippen LogP contribution in [0.25, 0.3) is 16.6 Å². The average molecular weight is 476 g/mol. The van der Waals surface area contributed by atoms with E-state index in [-0.39, 0.29) is 11.5 Å². The van der Waals surface area contributed by atoms with E-state index in [1.165, 1.54) is 28.7 Å². The highest BCUT2D eigenvalue weighted by Gasteiger charge is 2.25. The van der Waals surface area contributed by atoms with Crippen molar-refractivity contribution in [3.05, 3.63) is 105 Å². The van der Waals surface area contributed by atoms with Crippen molar-refractivity contribution in [1.29, 1.82) is 0 Å². The Hall–Kier alpha value is -3.97. The maximum atomic E-state index is 13.5. The quantitative estimate of drug-likeness (QED) is 0.392. The monoisotopic (exact) mass is 475 g/mol. The third-order valence-corrected chi connectivity index (χ3v) is 5.97. The SMILES string of the molecule is COC(=O)c1ccc(C(=O)N(C)C(C)c2nc3ccccc3c(=O)n2-c2ccc(Cl)cc2)cc1. The van der Waals surface area contributed by atoms with Crippen LogP contribution in [-0.2, 0) is 4.74 Å². The zero-order chi connectivity index (χ0) is 24.4. The molecule has 0 radical (unpaired) electrons. The van der Waals surface area contributed by atoms with Gasteiger partial charge in [0.25, 0.3) is 11.5 Å². The average Bonchev–Trinajstić information content (AvgIpc) is 2.87. The summed E-state index contributed by atoms with van der Waals surface area (Å²) in [4.78, 5) is 44.7. The number of nitrogens with zero attached hydrogens (tertiary/aromatic N) is 3. The van der Waals surface area contributed by atoms with Crippen molar-refractivity contribution in [2.75, 3.05) is 14.2 Å². The van der Waals surface area contributed by atoms with Crippen molar-refractivity contribution in [2.45, 2.75) is 13.0 Å². The van der Waals surface area contributed by atoms with Crippen LogP contribution in [0.1, 0.15) is 39.5 Å². The molecule has 0 aliphatic carbocycles. The minimum absolute atomic E-state index is 0.238. The number of amides is 1. The van der Waals surface area contributed by atoms with E-state index in [1.807, 2.05) is 13.0 Å². The summed E-state index contributed by atoms with van der Waals surface area (Å²) in [6.45, 7) is 1.81. The largest absolute Gasteiger partial charge is 0.465 e. The molecule has 1 amide bonds. The van der Waals surface area contributed by atoms with Gasteiger partial charge in [0.2, 0.25) is 0 Å². The molecule has 0 aliphatic heterocycles. The molecule has 0 bridgehead atoms. The summed E-state index contributed by atoms with van der Waals surface area (Å²) < 4.78 is 6.21. The lowest BCUT2D eigenvalue weighted by Gasteiger charge is -2.27. The van der Waals surface area contributed by atoms with Gasteiger partial charge in [-0.3, -0.25) is 14.2 Å². The molecule has 1 aromatic heterocycles. The van der Waals surface area contributed by atoms with Gasteiger partial charge in [0.1, 0.15) is 5.82 Å². The molecule has 0 aliphatic rings. The molecular formula is C26H22ClN3O4. The lowest BCUT2D eigenvalue weighted by Crippen LogP contribution is -2.34. The summed E-state index contributed by atoms with van der Waals surface area (Å²) in [5.74, 6) is -0.352. The van der Waals surface area contributed by atoms with Crippen molar-refractivity contribution in [3.63, 3.8) is 0 Å². The number of carbonyl (C=O) groups excluding carboxylic acids is 2. The Morgan fingerprint density at radius 2 is 1.59 bits per heavy atom. The highest BCUT2D eigenvalue weighted by Crippen LogP contribution is 2.24. The fourth-order valence-electron chi connectivity index (χ4n) is 3.69. The Labute approximate surface area is 201 Å². The molecule has 1 heterocycles. The Kier molecular flexibility index (Phi) is 6.47. The number of ether oxygens (including phenoxy) is 1. The number of aromatic nitrogens is 2. The number of para-hydroxylation sites is 1. The molecule has 8 heteroatoms. The topological polar surface area (TPSA) is 81.5 Å². The maximum absolute atomic E-state index is 13.5. The first-order chi connectivity index (χ1) is 16.3. The number of hydrogen-bond donors (Lipinski definition) is 0. The highest BCUT2D eigenvalue weighted by atomic mass is 35.5. The van der Waals surface area contributed by atoms with Crippen LogP contribution in [0, 0.1) is 0 Å². The van der Waals surface area contributed by atoms with Crippen molar-refractivity contribution in [2.24, 2.45) is 0 Å². The molecule has 0 fully saturated rings. The van der Waals surface area contributed by atoms with E-state index in [2.05, 4.69) is 0 Å². The Balaban J connectivity index is 1.78. The van der Waals surface area contributed by atoms with Crippen LogP contribution >= 0.6 is 11.6 Å². The zero-order valence-corrected chi connectivity index (χ0v) is 19.6. The summed E-state index contributed by atoms with van der Waals surface area (Å²) in [5, 5.41) is 1.02. The summed E-state index contributed by atoms with van der Waals surface area (Å²) in [6.07, 6.45) is 0.